The van der Waals surface area contributed by atoms with Crippen molar-refractivity contribution in [2.75, 3.05) is 64.7 Å². The molecule has 5 rings (SSSR count). The Balaban J connectivity index is 1.17. The van der Waals surface area contributed by atoms with Gasteiger partial charge in [-0.3, -0.25) is 4.90 Å². The molecule has 0 aliphatic carbocycles. The van der Waals surface area contributed by atoms with Crippen LogP contribution in [0.2, 0.25) is 0 Å². The van der Waals surface area contributed by atoms with E-state index in [1.54, 1.807) is 14.2 Å². The second-order valence-corrected chi connectivity index (χ2v) is 10.6. The third-order valence-electron chi connectivity index (χ3n) is 7.87. The normalized spacial score (nSPS) is 19.2. The summed E-state index contributed by atoms with van der Waals surface area (Å²) in [6.45, 7) is 5.82. The van der Waals surface area contributed by atoms with Gasteiger partial charge in [-0.1, -0.05) is 12.1 Å². The van der Waals surface area contributed by atoms with Crippen molar-refractivity contribution in [3.63, 3.8) is 0 Å². The quantitative estimate of drug-likeness (QED) is 0.469. The summed E-state index contributed by atoms with van der Waals surface area (Å²) in [4.78, 5) is 7.41. The number of hydrogen-bond acceptors (Lipinski definition) is 8. The first kappa shape index (κ1) is 25.7. The Morgan fingerprint density at radius 2 is 1.73 bits per heavy atom. The number of likely N-dealkylation sites (tertiary alicyclic amines) is 1. The number of rotatable bonds is 9. The minimum absolute atomic E-state index is 0.371. The van der Waals surface area contributed by atoms with Gasteiger partial charge < -0.3 is 24.6 Å². The molecule has 0 unspecified atom stereocenters. The Hall–Kier alpha value is -2.94. The van der Waals surface area contributed by atoms with Crippen molar-refractivity contribution in [3.05, 3.63) is 53.7 Å². The molecule has 8 nitrogen and oxygen atoms in total. The number of aromatic nitrogens is 2. The van der Waals surface area contributed by atoms with Crippen LogP contribution in [0.3, 0.4) is 0 Å². The number of ether oxygens (including phenoxy) is 2. The second-order valence-electron chi connectivity index (χ2n) is 10.6. The maximum absolute atomic E-state index is 5.47. The van der Waals surface area contributed by atoms with E-state index >= 15 is 0 Å². The lowest BCUT2D eigenvalue weighted by atomic mass is 10.0. The number of anilines is 2. The van der Waals surface area contributed by atoms with Crippen molar-refractivity contribution in [2.45, 2.75) is 44.5 Å². The maximum Gasteiger partial charge on any atom is 0.156 e. The topological polar surface area (TPSA) is 66.0 Å². The van der Waals surface area contributed by atoms with Crippen LogP contribution in [0.25, 0.3) is 10.8 Å². The van der Waals surface area contributed by atoms with Gasteiger partial charge in [0.1, 0.15) is 5.75 Å². The summed E-state index contributed by atoms with van der Waals surface area (Å²) in [6, 6.07) is 16.3. The molecule has 3 aromatic rings. The number of piperidine rings is 1. The third kappa shape index (κ3) is 5.98. The SMILES string of the molecule is COCc1nnc(NC2CCN(Cc3ccc(N4CC[C@@H](N(C)C)C4)cc3)CC2)c2cc(OC)ccc12. The van der Waals surface area contributed by atoms with E-state index in [2.05, 4.69) is 68.6 Å². The first-order valence-corrected chi connectivity index (χ1v) is 13.4. The van der Waals surface area contributed by atoms with E-state index in [0.29, 0.717) is 18.7 Å². The van der Waals surface area contributed by atoms with E-state index in [1.165, 1.54) is 17.7 Å². The molecule has 2 aromatic carbocycles. The van der Waals surface area contributed by atoms with Gasteiger partial charge in [0.05, 0.1) is 19.4 Å². The highest BCUT2D eigenvalue weighted by molar-refractivity contribution is 5.94. The van der Waals surface area contributed by atoms with E-state index < -0.39 is 0 Å². The molecule has 1 aromatic heterocycles. The molecule has 1 N–H and O–H groups in total. The van der Waals surface area contributed by atoms with Gasteiger partial charge >= 0.3 is 0 Å². The van der Waals surface area contributed by atoms with Gasteiger partial charge in [0.2, 0.25) is 0 Å². The maximum atomic E-state index is 5.47. The van der Waals surface area contributed by atoms with Crippen molar-refractivity contribution < 1.29 is 9.47 Å². The van der Waals surface area contributed by atoms with Crippen LogP contribution < -0.4 is 15.0 Å². The Bertz CT molecular complexity index is 1180. The lowest BCUT2D eigenvalue weighted by Gasteiger charge is -2.33. The molecule has 0 saturated carbocycles. The minimum Gasteiger partial charge on any atom is -0.497 e. The highest BCUT2D eigenvalue weighted by Gasteiger charge is 2.24. The minimum atomic E-state index is 0.371. The Morgan fingerprint density at radius 1 is 0.946 bits per heavy atom. The number of nitrogens with one attached hydrogen (secondary N) is 1. The number of likely N-dealkylation sites (N-methyl/N-ethyl adjacent to an activating group) is 1. The van der Waals surface area contributed by atoms with E-state index in [0.717, 1.165) is 73.6 Å². The summed E-state index contributed by atoms with van der Waals surface area (Å²) in [7, 11) is 7.73. The molecule has 0 amide bonds. The van der Waals surface area contributed by atoms with Gasteiger partial charge in [0, 0.05) is 68.4 Å². The average Bonchev–Trinajstić information content (AvgIpc) is 3.42. The number of fused-ring (bicyclic) bond motifs is 1. The molecule has 0 spiro atoms. The molecular formula is C29H40N6O2. The number of nitrogens with zero attached hydrogens (tertiary/aromatic N) is 5. The molecule has 0 bridgehead atoms. The second kappa shape index (κ2) is 11.6. The van der Waals surface area contributed by atoms with Crippen LogP contribution in [0.1, 0.15) is 30.5 Å². The average molecular weight is 505 g/mol. The van der Waals surface area contributed by atoms with Crippen LogP contribution in [-0.2, 0) is 17.9 Å². The zero-order valence-corrected chi connectivity index (χ0v) is 22.6. The van der Waals surface area contributed by atoms with E-state index in [1.807, 2.05) is 18.2 Å². The lowest BCUT2D eigenvalue weighted by molar-refractivity contribution is 0.182. The third-order valence-corrected chi connectivity index (χ3v) is 7.87. The fourth-order valence-corrected chi connectivity index (χ4v) is 5.56. The molecule has 8 heteroatoms. The predicted molar refractivity (Wildman–Crippen MR) is 149 cm³/mol. The van der Waals surface area contributed by atoms with Crippen LogP contribution in [-0.4, -0.2) is 86.6 Å². The largest absolute Gasteiger partial charge is 0.497 e. The van der Waals surface area contributed by atoms with Crippen molar-refractivity contribution in [2.24, 2.45) is 0 Å². The van der Waals surface area contributed by atoms with E-state index in [9.17, 15) is 0 Å². The van der Waals surface area contributed by atoms with Gasteiger partial charge in [-0.2, -0.15) is 5.10 Å². The Morgan fingerprint density at radius 3 is 2.41 bits per heavy atom. The summed E-state index contributed by atoms with van der Waals surface area (Å²) in [5.74, 6) is 1.64. The van der Waals surface area contributed by atoms with Crippen molar-refractivity contribution >= 4 is 22.3 Å². The molecule has 1 atom stereocenters. The monoisotopic (exact) mass is 504 g/mol. The van der Waals surface area contributed by atoms with E-state index in [-0.39, 0.29) is 0 Å². The fraction of sp³-hybridized carbons (Fsp3) is 0.517. The summed E-state index contributed by atoms with van der Waals surface area (Å²) in [6.07, 6.45) is 3.39. The molecular weight excluding hydrogens is 464 g/mol. The van der Waals surface area contributed by atoms with Gasteiger partial charge in [-0.25, -0.2) is 0 Å². The van der Waals surface area contributed by atoms with Gasteiger partial charge in [-0.15, -0.1) is 5.10 Å². The molecule has 2 aliphatic heterocycles. The van der Waals surface area contributed by atoms with Crippen LogP contribution in [0.15, 0.2) is 42.5 Å². The highest BCUT2D eigenvalue weighted by atomic mass is 16.5. The number of hydrogen-bond donors (Lipinski definition) is 1. The van der Waals surface area contributed by atoms with Gasteiger partial charge in [-0.05, 0) is 69.3 Å². The summed E-state index contributed by atoms with van der Waals surface area (Å²) >= 11 is 0. The first-order valence-electron chi connectivity index (χ1n) is 13.4. The molecule has 2 aliphatic rings. The molecule has 0 radical (unpaired) electrons. The smallest absolute Gasteiger partial charge is 0.156 e. The van der Waals surface area contributed by atoms with Crippen molar-refractivity contribution in [1.29, 1.82) is 0 Å². The van der Waals surface area contributed by atoms with Crippen LogP contribution in [0.5, 0.6) is 5.75 Å². The molecule has 2 fully saturated rings. The molecule has 37 heavy (non-hydrogen) atoms. The van der Waals surface area contributed by atoms with Crippen molar-refractivity contribution in [1.82, 2.24) is 20.0 Å². The first-order chi connectivity index (χ1) is 18.0. The fourth-order valence-electron chi connectivity index (χ4n) is 5.56. The van der Waals surface area contributed by atoms with Crippen LogP contribution in [0, 0.1) is 0 Å². The number of methoxy groups -OCH3 is 2. The predicted octanol–water partition coefficient (Wildman–Crippen LogP) is 4.00. The summed E-state index contributed by atoms with van der Waals surface area (Å²) in [5.41, 5.74) is 3.57. The van der Waals surface area contributed by atoms with Crippen LogP contribution in [0.4, 0.5) is 11.5 Å². The van der Waals surface area contributed by atoms with Gasteiger partial charge in [0.25, 0.3) is 0 Å². The molecule has 198 valence electrons. The van der Waals surface area contributed by atoms with E-state index in [4.69, 9.17) is 9.47 Å². The summed E-state index contributed by atoms with van der Waals surface area (Å²) in [5, 5.41) is 14.7. The zero-order chi connectivity index (χ0) is 25.8. The standard InChI is InChI=1S/C29H40N6O2/c1-33(2)24-13-16-35(19-24)23-7-5-21(6-8-23)18-34-14-11-22(12-15-34)30-29-27-17-25(37-4)9-10-26(27)28(20-36-3)31-32-29/h5-10,17,22,24H,11-16,18-20H2,1-4H3,(H,30,32)/t24-/m1/s1. The van der Waals surface area contributed by atoms with Gasteiger partial charge in [0.15, 0.2) is 5.82 Å². The highest BCUT2D eigenvalue weighted by Crippen LogP contribution is 2.29. The molecule has 2 saturated heterocycles. The Kier molecular flexibility index (Phi) is 8.08. The van der Waals surface area contributed by atoms with Crippen LogP contribution >= 0.6 is 0 Å². The summed E-state index contributed by atoms with van der Waals surface area (Å²) < 4.78 is 10.8. The Labute approximate surface area is 220 Å². The molecule has 3 heterocycles. The lowest BCUT2D eigenvalue weighted by Crippen LogP contribution is -2.38. The zero-order valence-electron chi connectivity index (χ0n) is 22.6. The van der Waals surface area contributed by atoms with Crippen molar-refractivity contribution in [3.8, 4) is 5.75 Å². The number of benzene rings is 2.